The van der Waals surface area contributed by atoms with Crippen molar-refractivity contribution in [2.45, 2.75) is 17.7 Å². The average molecular weight is 327 g/mol. The molecule has 3 N–H and O–H groups in total. The highest BCUT2D eigenvalue weighted by atomic mass is 32.2. The molecule has 21 heavy (non-hydrogen) atoms. The molecule has 0 bridgehead atoms. The van der Waals surface area contributed by atoms with E-state index >= 15 is 0 Å². The van der Waals surface area contributed by atoms with Crippen molar-refractivity contribution in [2.75, 3.05) is 32.7 Å². The lowest BCUT2D eigenvalue weighted by atomic mass is 10.3. The molecule has 1 aliphatic heterocycles. The van der Waals surface area contributed by atoms with Gasteiger partial charge in [0.1, 0.15) is 0 Å². The molecule has 1 aliphatic rings. The van der Waals surface area contributed by atoms with E-state index in [0.717, 1.165) is 4.31 Å². The topological polar surface area (TPSA) is 95.3 Å². The van der Waals surface area contributed by atoms with Crippen LogP contribution >= 0.6 is 0 Å². The number of nitrogens with one attached hydrogen (secondary N) is 1. The molecule has 1 aromatic heterocycles. The van der Waals surface area contributed by atoms with E-state index in [9.17, 15) is 21.6 Å². The first kappa shape index (κ1) is 16.2. The summed E-state index contributed by atoms with van der Waals surface area (Å²) in [6, 6.07) is 0. The lowest BCUT2D eigenvalue weighted by molar-refractivity contribution is -0.148. The van der Waals surface area contributed by atoms with Crippen LogP contribution in [0.2, 0.25) is 0 Å². The predicted octanol–water partition coefficient (Wildman–Crippen LogP) is -0.263. The summed E-state index contributed by atoms with van der Waals surface area (Å²) in [5.74, 6) is 0. The zero-order valence-corrected chi connectivity index (χ0v) is 11.9. The van der Waals surface area contributed by atoms with Crippen molar-refractivity contribution in [1.29, 1.82) is 0 Å². The molecule has 1 aromatic rings. The fraction of sp³-hybridized carbons (Fsp3) is 0.700. The quantitative estimate of drug-likeness (QED) is 0.794. The van der Waals surface area contributed by atoms with Crippen LogP contribution in [0.1, 0.15) is 5.56 Å². The number of hydrogen-bond donors (Lipinski definition) is 2. The van der Waals surface area contributed by atoms with Gasteiger partial charge in [0.2, 0.25) is 0 Å². The van der Waals surface area contributed by atoms with Crippen LogP contribution in [0, 0.1) is 0 Å². The number of piperazine rings is 1. The third kappa shape index (κ3) is 3.73. The molecule has 7 nitrogen and oxygen atoms in total. The monoisotopic (exact) mass is 327 g/mol. The Bertz CT molecular complexity index is 578. The summed E-state index contributed by atoms with van der Waals surface area (Å²) in [4.78, 5) is 1.18. The van der Waals surface area contributed by atoms with E-state index in [4.69, 9.17) is 5.73 Å². The largest absolute Gasteiger partial charge is 0.401 e. The van der Waals surface area contributed by atoms with Crippen molar-refractivity contribution in [3.8, 4) is 0 Å². The molecule has 0 aromatic carbocycles. The van der Waals surface area contributed by atoms with Crippen molar-refractivity contribution in [3.63, 3.8) is 0 Å². The summed E-state index contributed by atoms with van der Waals surface area (Å²) in [7, 11) is -3.80. The van der Waals surface area contributed by atoms with Crippen LogP contribution in [0.3, 0.4) is 0 Å². The summed E-state index contributed by atoms with van der Waals surface area (Å²) in [5.41, 5.74) is 5.79. The Morgan fingerprint density at radius 3 is 2.43 bits per heavy atom. The van der Waals surface area contributed by atoms with Gasteiger partial charge in [-0.2, -0.15) is 22.6 Å². The van der Waals surface area contributed by atoms with Crippen molar-refractivity contribution in [1.82, 2.24) is 19.4 Å². The minimum Gasteiger partial charge on any atom is -0.326 e. The van der Waals surface area contributed by atoms with E-state index in [0.29, 0.717) is 5.56 Å². The number of alkyl halides is 3. The highest BCUT2D eigenvalue weighted by Gasteiger charge is 2.35. The molecule has 11 heteroatoms. The van der Waals surface area contributed by atoms with Crippen LogP contribution in [0.4, 0.5) is 13.2 Å². The molecule has 2 rings (SSSR count). The molecule has 2 heterocycles. The lowest BCUT2D eigenvalue weighted by Gasteiger charge is -2.34. The van der Waals surface area contributed by atoms with E-state index in [1.54, 1.807) is 0 Å². The number of nitrogens with zero attached hydrogens (tertiary/aromatic N) is 3. The first-order chi connectivity index (χ1) is 9.74. The van der Waals surface area contributed by atoms with Crippen molar-refractivity contribution < 1.29 is 21.6 Å². The molecule has 0 saturated carbocycles. The molecule has 0 radical (unpaired) electrons. The maximum absolute atomic E-state index is 12.4. The second kappa shape index (κ2) is 5.91. The van der Waals surface area contributed by atoms with E-state index in [1.807, 2.05) is 0 Å². The van der Waals surface area contributed by atoms with E-state index in [2.05, 4.69) is 10.2 Å². The molecule has 0 amide bonds. The fourth-order valence-corrected chi connectivity index (χ4v) is 3.72. The Kier molecular flexibility index (Phi) is 4.56. The van der Waals surface area contributed by atoms with Gasteiger partial charge < -0.3 is 5.73 Å². The SMILES string of the molecule is NCc1cn[nH]c1S(=O)(=O)N1CCN(CC(F)(F)F)CC1. The predicted molar refractivity (Wildman–Crippen MR) is 67.7 cm³/mol. The molecular formula is C10H16F3N5O2S. The maximum Gasteiger partial charge on any atom is 0.401 e. The molecule has 0 atom stereocenters. The molecular weight excluding hydrogens is 311 g/mol. The van der Waals surface area contributed by atoms with Crippen LogP contribution in [0.25, 0.3) is 0 Å². The van der Waals surface area contributed by atoms with Gasteiger partial charge in [0.15, 0.2) is 5.03 Å². The third-order valence-corrected chi connectivity index (χ3v) is 5.14. The second-order valence-electron chi connectivity index (χ2n) is 4.72. The van der Waals surface area contributed by atoms with E-state index in [1.165, 1.54) is 11.1 Å². The average Bonchev–Trinajstić information content (AvgIpc) is 2.86. The number of hydrogen-bond acceptors (Lipinski definition) is 5. The minimum absolute atomic E-state index is 0.00143. The van der Waals surface area contributed by atoms with Crippen LogP contribution in [0.15, 0.2) is 11.2 Å². The summed E-state index contributed by atoms with van der Waals surface area (Å²) in [5, 5.41) is 5.95. The Morgan fingerprint density at radius 2 is 1.90 bits per heavy atom. The molecule has 120 valence electrons. The van der Waals surface area contributed by atoms with Gasteiger partial charge in [-0.3, -0.25) is 10.00 Å². The number of aromatic amines is 1. The summed E-state index contributed by atoms with van der Waals surface area (Å²) in [6.07, 6.45) is -2.95. The van der Waals surface area contributed by atoms with Crippen molar-refractivity contribution in [2.24, 2.45) is 5.73 Å². The highest BCUT2D eigenvalue weighted by molar-refractivity contribution is 7.89. The normalized spacial score (nSPS) is 19.0. The number of halogens is 3. The van der Waals surface area contributed by atoms with Gasteiger partial charge in [-0.05, 0) is 0 Å². The second-order valence-corrected chi connectivity index (χ2v) is 6.60. The first-order valence-electron chi connectivity index (χ1n) is 6.25. The van der Waals surface area contributed by atoms with Crippen LogP contribution < -0.4 is 5.73 Å². The van der Waals surface area contributed by atoms with Gasteiger partial charge in [0, 0.05) is 38.3 Å². The van der Waals surface area contributed by atoms with Crippen molar-refractivity contribution in [3.05, 3.63) is 11.8 Å². The first-order valence-corrected chi connectivity index (χ1v) is 7.69. The molecule has 0 unspecified atom stereocenters. The minimum atomic E-state index is -4.28. The molecule has 0 aliphatic carbocycles. The number of nitrogens with two attached hydrogens (primary N) is 1. The standard InChI is InChI=1S/C10H16F3N5O2S/c11-10(12,13)7-17-1-3-18(4-2-17)21(19,20)9-8(5-14)6-15-16-9/h6H,1-5,7,14H2,(H,15,16). The van der Waals surface area contributed by atoms with Gasteiger partial charge >= 0.3 is 6.18 Å². The zero-order chi connectivity index (χ0) is 15.7. The Morgan fingerprint density at radius 1 is 1.29 bits per heavy atom. The van der Waals surface area contributed by atoms with Gasteiger partial charge in [-0.15, -0.1) is 0 Å². The number of H-pyrrole nitrogens is 1. The molecule has 0 spiro atoms. The van der Waals surface area contributed by atoms with Gasteiger partial charge in [0.05, 0.1) is 12.7 Å². The summed E-state index contributed by atoms with van der Waals surface area (Å²) < 4.78 is 62.8. The van der Waals surface area contributed by atoms with Crippen LogP contribution in [-0.2, 0) is 16.6 Å². The number of sulfonamides is 1. The lowest BCUT2D eigenvalue weighted by Crippen LogP contribution is -2.51. The van der Waals surface area contributed by atoms with E-state index in [-0.39, 0.29) is 37.7 Å². The number of rotatable bonds is 4. The van der Waals surface area contributed by atoms with Gasteiger partial charge in [0.25, 0.3) is 10.0 Å². The van der Waals surface area contributed by atoms with Gasteiger partial charge in [-0.1, -0.05) is 0 Å². The Labute approximate surface area is 119 Å². The van der Waals surface area contributed by atoms with Crippen LogP contribution in [-0.4, -0.2) is 66.7 Å². The van der Waals surface area contributed by atoms with Crippen molar-refractivity contribution >= 4 is 10.0 Å². The molecule has 1 saturated heterocycles. The summed E-state index contributed by atoms with van der Waals surface area (Å²) >= 11 is 0. The highest BCUT2D eigenvalue weighted by Crippen LogP contribution is 2.21. The van der Waals surface area contributed by atoms with Crippen LogP contribution in [0.5, 0.6) is 0 Å². The number of aromatic nitrogens is 2. The van der Waals surface area contributed by atoms with Gasteiger partial charge in [-0.25, -0.2) is 8.42 Å². The summed E-state index contributed by atoms with van der Waals surface area (Å²) in [6.45, 7) is -0.948. The third-order valence-electron chi connectivity index (χ3n) is 3.23. The maximum atomic E-state index is 12.4. The molecule has 1 fully saturated rings. The smallest absolute Gasteiger partial charge is 0.326 e. The Balaban J connectivity index is 2.05. The Hall–Kier alpha value is -1.17. The fourth-order valence-electron chi connectivity index (χ4n) is 2.18. The zero-order valence-electron chi connectivity index (χ0n) is 11.1. The van der Waals surface area contributed by atoms with E-state index < -0.39 is 22.7 Å².